The average molecular weight is 333 g/mol. The van der Waals surface area contributed by atoms with E-state index in [-0.39, 0.29) is 6.10 Å². The van der Waals surface area contributed by atoms with Crippen LogP contribution in [-0.2, 0) is 6.54 Å². The predicted octanol–water partition coefficient (Wildman–Crippen LogP) is 5.29. The molecule has 25 heavy (non-hydrogen) atoms. The highest BCUT2D eigenvalue weighted by atomic mass is 16.5. The van der Waals surface area contributed by atoms with Crippen LogP contribution in [0, 0.1) is 0 Å². The molecule has 2 aliphatic heterocycles. The van der Waals surface area contributed by atoms with E-state index in [9.17, 15) is 0 Å². The average Bonchev–Trinajstić information content (AvgIpc) is 2.84. The Balaban J connectivity index is 1.49. The molecule has 0 spiro atoms. The van der Waals surface area contributed by atoms with Crippen molar-refractivity contribution in [2.24, 2.45) is 0 Å². The van der Waals surface area contributed by atoms with Crippen molar-refractivity contribution in [3.63, 3.8) is 0 Å². The van der Waals surface area contributed by atoms with E-state index < -0.39 is 0 Å². The zero-order valence-electron chi connectivity index (χ0n) is 15.2. The van der Waals surface area contributed by atoms with Gasteiger partial charge in [-0.1, -0.05) is 48.5 Å². The largest absolute Gasteiger partial charge is 0.491 e. The van der Waals surface area contributed by atoms with Crippen molar-refractivity contribution in [2.75, 3.05) is 0 Å². The van der Waals surface area contributed by atoms with E-state index in [1.165, 1.54) is 29.5 Å². The Kier molecular flexibility index (Phi) is 4.63. The molecular formula is C23H27NO. The third-order valence-corrected chi connectivity index (χ3v) is 5.34. The lowest BCUT2D eigenvalue weighted by Crippen LogP contribution is -2.37. The Morgan fingerprint density at radius 2 is 1.76 bits per heavy atom. The molecule has 0 aliphatic carbocycles. The predicted molar refractivity (Wildman–Crippen MR) is 104 cm³/mol. The highest BCUT2D eigenvalue weighted by Crippen LogP contribution is 2.39. The zero-order valence-corrected chi connectivity index (χ0v) is 15.2. The molecule has 2 heterocycles. The first-order chi connectivity index (χ1) is 12.2. The van der Waals surface area contributed by atoms with E-state index >= 15 is 0 Å². The van der Waals surface area contributed by atoms with Crippen molar-refractivity contribution in [3.05, 3.63) is 71.8 Å². The third kappa shape index (κ3) is 3.64. The monoisotopic (exact) mass is 333 g/mol. The van der Waals surface area contributed by atoms with Gasteiger partial charge >= 0.3 is 0 Å². The van der Waals surface area contributed by atoms with Crippen LogP contribution in [0.3, 0.4) is 0 Å². The second-order valence-electron chi connectivity index (χ2n) is 7.54. The number of nitrogens with zero attached hydrogens (tertiary/aromatic N) is 1. The second-order valence-corrected chi connectivity index (χ2v) is 7.54. The summed E-state index contributed by atoms with van der Waals surface area (Å²) in [5, 5.41) is 0. The van der Waals surface area contributed by atoms with Crippen molar-refractivity contribution in [1.82, 2.24) is 4.90 Å². The maximum Gasteiger partial charge on any atom is 0.119 e. The van der Waals surface area contributed by atoms with Crippen LogP contribution < -0.4 is 4.74 Å². The Bertz CT molecular complexity index is 732. The Morgan fingerprint density at radius 1 is 1.00 bits per heavy atom. The van der Waals surface area contributed by atoms with Gasteiger partial charge in [0.05, 0.1) is 6.10 Å². The van der Waals surface area contributed by atoms with Crippen LogP contribution in [0.1, 0.15) is 44.2 Å². The SMILES string of the molecule is CC(C)Oc1ccc(C2=CC3CCC(C2)N3Cc2ccccc2)cc1. The summed E-state index contributed by atoms with van der Waals surface area (Å²) in [6, 6.07) is 20.8. The number of benzene rings is 2. The molecule has 1 saturated heterocycles. The zero-order chi connectivity index (χ0) is 17.2. The summed E-state index contributed by atoms with van der Waals surface area (Å²) in [5.74, 6) is 0.962. The minimum Gasteiger partial charge on any atom is -0.491 e. The van der Waals surface area contributed by atoms with Gasteiger partial charge in [0.2, 0.25) is 0 Å². The second kappa shape index (κ2) is 7.05. The summed E-state index contributed by atoms with van der Waals surface area (Å²) in [6.45, 7) is 5.20. The van der Waals surface area contributed by atoms with E-state index in [0.29, 0.717) is 12.1 Å². The summed E-state index contributed by atoms with van der Waals surface area (Å²) in [6.07, 6.45) is 6.49. The van der Waals surface area contributed by atoms with Gasteiger partial charge in [0.15, 0.2) is 0 Å². The van der Waals surface area contributed by atoms with Gasteiger partial charge in [-0.05, 0) is 61.9 Å². The molecule has 2 atom stereocenters. The number of rotatable bonds is 5. The highest BCUT2D eigenvalue weighted by Gasteiger charge is 2.36. The van der Waals surface area contributed by atoms with Crippen molar-refractivity contribution < 1.29 is 4.74 Å². The molecule has 0 aromatic heterocycles. The number of ether oxygens (including phenoxy) is 1. The van der Waals surface area contributed by atoms with Crippen LogP contribution in [0.15, 0.2) is 60.7 Å². The van der Waals surface area contributed by atoms with Gasteiger partial charge in [-0.25, -0.2) is 0 Å². The van der Waals surface area contributed by atoms with Gasteiger partial charge in [0.25, 0.3) is 0 Å². The number of hydrogen-bond donors (Lipinski definition) is 0. The van der Waals surface area contributed by atoms with Crippen LogP contribution in [0.2, 0.25) is 0 Å². The standard InChI is InChI=1S/C23H27NO/c1-17(2)25-23-12-8-19(9-13-23)20-14-21-10-11-22(15-20)24(21)16-18-6-4-3-5-7-18/h3-9,12-14,17,21-22H,10-11,15-16H2,1-2H3. The first-order valence-corrected chi connectivity index (χ1v) is 9.46. The van der Waals surface area contributed by atoms with Gasteiger partial charge < -0.3 is 4.74 Å². The maximum atomic E-state index is 5.77. The molecule has 2 heteroatoms. The van der Waals surface area contributed by atoms with Crippen molar-refractivity contribution >= 4 is 5.57 Å². The minimum absolute atomic E-state index is 0.224. The molecule has 130 valence electrons. The van der Waals surface area contributed by atoms with E-state index in [4.69, 9.17) is 4.74 Å². The molecule has 2 nitrogen and oxygen atoms in total. The number of fused-ring (bicyclic) bond motifs is 2. The van der Waals surface area contributed by atoms with Crippen molar-refractivity contribution in [2.45, 2.75) is 57.8 Å². The lowest BCUT2D eigenvalue weighted by atomic mass is 9.94. The van der Waals surface area contributed by atoms with Crippen LogP contribution in [0.5, 0.6) is 5.75 Å². The molecule has 2 aromatic rings. The van der Waals surface area contributed by atoms with Gasteiger partial charge in [-0.2, -0.15) is 0 Å². The van der Waals surface area contributed by atoms with Gasteiger partial charge in [-0.15, -0.1) is 0 Å². The van der Waals surface area contributed by atoms with Crippen LogP contribution in [0.25, 0.3) is 5.57 Å². The smallest absolute Gasteiger partial charge is 0.119 e. The first-order valence-electron chi connectivity index (χ1n) is 9.46. The summed E-state index contributed by atoms with van der Waals surface area (Å²) in [4.78, 5) is 2.69. The Hall–Kier alpha value is -2.06. The van der Waals surface area contributed by atoms with Gasteiger partial charge in [0, 0.05) is 18.6 Å². The van der Waals surface area contributed by atoms with Crippen molar-refractivity contribution in [3.8, 4) is 5.75 Å². The number of hydrogen-bond acceptors (Lipinski definition) is 2. The highest BCUT2D eigenvalue weighted by molar-refractivity contribution is 5.68. The van der Waals surface area contributed by atoms with E-state index in [2.05, 4.69) is 79.4 Å². The third-order valence-electron chi connectivity index (χ3n) is 5.34. The van der Waals surface area contributed by atoms with Crippen LogP contribution >= 0.6 is 0 Å². The first kappa shape index (κ1) is 16.4. The molecule has 4 rings (SSSR count). The van der Waals surface area contributed by atoms with Gasteiger partial charge in [-0.3, -0.25) is 4.90 Å². The lowest BCUT2D eigenvalue weighted by molar-refractivity contribution is 0.203. The van der Waals surface area contributed by atoms with E-state index in [1.54, 1.807) is 0 Å². The van der Waals surface area contributed by atoms with E-state index in [0.717, 1.165) is 18.7 Å². The lowest BCUT2D eigenvalue weighted by Gasteiger charge is -2.34. The Morgan fingerprint density at radius 3 is 2.44 bits per heavy atom. The molecule has 0 N–H and O–H groups in total. The fourth-order valence-electron chi connectivity index (χ4n) is 4.19. The molecule has 1 fully saturated rings. The Labute approximate surface area is 151 Å². The summed E-state index contributed by atoms with van der Waals surface area (Å²) in [7, 11) is 0. The molecule has 2 aromatic carbocycles. The summed E-state index contributed by atoms with van der Waals surface area (Å²) >= 11 is 0. The molecule has 0 amide bonds. The fourth-order valence-corrected chi connectivity index (χ4v) is 4.19. The molecular weight excluding hydrogens is 306 g/mol. The fraction of sp³-hybridized carbons (Fsp3) is 0.391. The molecule has 2 unspecified atom stereocenters. The summed E-state index contributed by atoms with van der Waals surface area (Å²) in [5.41, 5.74) is 4.28. The topological polar surface area (TPSA) is 12.5 Å². The minimum atomic E-state index is 0.224. The molecule has 2 bridgehead atoms. The summed E-state index contributed by atoms with van der Waals surface area (Å²) < 4.78 is 5.77. The maximum absolute atomic E-state index is 5.77. The normalized spacial score (nSPS) is 22.9. The van der Waals surface area contributed by atoms with Crippen molar-refractivity contribution in [1.29, 1.82) is 0 Å². The molecule has 0 radical (unpaired) electrons. The molecule has 2 aliphatic rings. The van der Waals surface area contributed by atoms with Crippen LogP contribution in [0.4, 0.5) is 0 Å². The molecule has 0 saturated carbocycles. The van der Waals surface area contributed by atoms with Crippen LogP contribution in [-0.4, -0.2) is 23.1 Å². The quantitative estimate of drug-likeness (QED) is 0.737. The van der Waals surface area contributed by atoms with E-state index in [1.807, 2.05) is 0 Å². The van der Waals surface area contributed by atoms with Gasteiger partial charge in [0.1, 0.15) is 5.75 Å².